The van der Waals surface area contributed by atoms with Gasteiger partial charge in [-0.25, -0.2) is 0 Å². The predicted molar refractivity (Wildman–Crippen MR) is 26.0 cm³/mol. The van der Waals surface area contributed by atoms with Crippen LogP contribution >= 0.6 is 0 Å². The molecule has 8 heavy (non-hydrogen) atoms. The molecule has 4 heteroatoms. The van der Waals surface area contributed by atoms with Gasteiger partial charge in [0.15, 0.2) is 0 Å². The molecule has 1 rings (SSSR count). The van der Waals surface area contributed by atoms with Crippen molar-refractivity contribution in [2.24, 2.45) is 11.7 Å². The fraction of sp³-hybridized carbons (Fsp3) is 0.750. The molecule has 46 valence electrons. The van der Waals surface area contributed by atoms with E-state index in [0.717, 1.165) is 5.06 Å². The number of nitrogens with zero attached hydrogens (tertiary/aromatic N) is 1. The molecule has 1 aliphatic rings. The van der Waals surface area contributed by atoms with Crippen LogP contribution in [0.15, 0.2) is 0 Å². The van der Waals surface area contributed by atoms with E-state index in [-0.39, 0.29) is 11.8 Å². The van der Waals surface area contributed by atoms with E-state index in [1.165, 1.54) is 0 Å². The van der Waals surface area contributed by atoms with E-state index >= 15 is 0 Å². The topological polar surface area (TPSA) is 66.6 Å². The lowest BCUT2D eigenvalue weighted by Crippen LogP contribution is -2.50. The van der Waals surface area contributed by atoms with Gasteiger partial charge in [-0.15, -0.1) is 0 Å². The van der Waals surface area contributed by atoms with Crippen molar-refractivity contribution in [3.8, 4) is 0 Å². The molecule has 0 unspecified atom stereocenters. The van der Waals surface area contributed by atoms with Gasteiger partial charge < -0.3 is 10.9 Å². The fourth-order valence-electron chi connectivity index (χ4n) is 0.635. The Balaban J connectivity index is 2.25. The van der Waals surface area contributed by atoms with Crippen LogP contribution in [0.25, 0.3) is 0 Å². The number of primary amides is 1. The molecule has 0 aromatic heterocycles. The summed E-state index contributed by atoms with van der Waals surface area (Å²) in [6.45, 7) is 0.796. The summed E-state index contributed by atoms with van der Waals surface area (Å²) >= 11 is 0. The Morgan fingerprint density at radius 3 is 2.38 bits per heavy atom. The minimum absolute atomic E-state index is 0.125. The zero-order valence-corrected chi connectivity index (χ0v) is 4.37. The number of amides is 1. The van der Waals surface area contributed by atoms with Crippen molar-refractivity contribution in [2.75, 3.05) is 13.1 Å². The first-order valence-corrected chi connectivity index (χ1v) is 2.43. The first-order valence-electron chi connectivity index (χ1n) is 2.43. The molecule has 0 atom stereocenters. The Hall–Kier alpha value is -0.610. The molecule has 0 aliphatic carbocycles. The van der Waals surface area contributed by atoms with E-state index in [1.807, 2.05) is 0 Å². The number of hydroxylamine groups is 2. The van der Waals surface area contributed by atoms with Crippen LogP contribution in [0.5, 0.6) is 0 Å². The van der Waals surface area contributed by atoms with Gasteiger partial charge in [-0.3, -0.25) is 4.79 Å². The molecule has 0 radical (unpaired) electrons. The molecule has 0 aromatic carbocycles. The first kappa shape index (κ1) is 5.53. The van der Waals surface area contributed by atoms with Gasteiger partial charge in [0.05, 0.1) is 5.92 Å². The molecular weight excluding hydrogens is 108 g/mol. The molecular formula is C4H8N2O2. The first-order chi connectivity index (χ1) is 3.70. The van der Waals surface area contributed by atoms with Crippen molar-refractivity contribution in [3.63, 3.8) is 0 Å². The quantitative estimate of drug-likeness (QED) is 0.452. The summed E-state index contributed by atoms with van der Waals surface area (Å²) in [6, 6.07) is 0. The molecule has 1 amide bonds. The van der Waals surface area contributed by atoms with Crippen molar-refractivity contribution in [3.05, 3.63) is 0 Å². The molecule has 4 nitrogen and oxygen atoms in total. The van der Waals surface area contributed by atoms with E-state index in [2.05, 4.69) is 0 Å². The Kier molecular flexibility index (Phi) is 1.19. The second kappa shape index (κ2) is 1.72. The third kappa shape index (κ3) is 0.801. The number of hydrogen-bond acceptors (Lipinski definition) is 3. The maximum absolute atomic E-state index is 10.2. The van der Waals surface area contributed by atoms with Crippen molar-refractivity contribution in [1.82, 2.24) is 5.06 Å². The largest absolute Gasteiger partial charge is 0.369 e. The second-order valence-corrected chi connectivity index (χ2v) is 1.97. The molecule has 0 aromatic rings. The molecule has 0 saturated carbocycles. The smallest absolute Gasteiger partial charge is 0.223 e. The summed E-state index contributed by atoms with van der Waals surface area (Å²) in [7, 11) is 0. The number of carbonyl (C=O) groups is 1. The van der Waals surface area contributed by atoms with Crippen molar-refractivity contribution in [2.45, 2.75) is 0 Å². The van der Waals surface area contributed by atoms with Crippen molar-refractivity contribution >= 4 is 5.91 Å². The second-order valence-electron chi connectivity index (χ2n) is 1.97. The van der Waals surface area contributed by atoms with E-state index in [0.29, 0.717) is 13.1 Å². The summed E-state index contributed by atoms with van der Waals surface area (Å²) < 4.78 is 0. The molecule has 0 bridgehead atoms. The van der Waals surface area contributed by atoms with Crippen LogP contribution in [0, 0.1) is 5.92 Å². The zero-order valence-electron chi connectivity index (χ0n) is 4.37. The van der Waals surface area contributed by atoms with Crippen molar-refractivity contribution < 1.29 is 10.0 Å². The lowest BCUT2D eigenvalue weighted by Gasteiger charge is -2.31. The zero-order chi connectivity index (χ0) is 6.15. The lowest BCUT2D eigenvalue weighted by atomic mass is 10.0. The van der Waals surface area contributed by atoms with Crippen LogP contribution < -0.4 is 5.73 Å². The minimum atomic E-state index is -0.324. The van der Waals surface area contributed by atoms with Crippen LogP contribution in [-0.4, -0.2) is 29.3 Å². The van der Waals surface area contributed by atoms with Crippen LogP contribution in [-0.2, 0) is 4.79 Å². The Bertz CT molecular complexity index is 109. The highest BCUT2D eigenvalue weighted by Gasteiger charge is 2.29. The maximum atomic E-state index is 10.2. The van der Waals surface area contributed by atoms with E-state index < -0.39 is 0 Å². The summed E-state index contributed by atoms with van der Waals surface area (Å²) in [6.07, 6.45) is 0. The Morgan fingerprint density at radius 2 is 2.25 bits per heavy atom. The standard InChI is InChI=1S/C4H8N2O2/c5-4(7)3-1-6(8)2-3/h3,8H,1-2H2,(H2,5,7). The van der Waals surface area contributed by atoms with E-state index in [9.17, 15) is 4.79 Å². The van der Waals surface area contributed by atoms with Gasteiger partial charge in [0.25, 0.3) is 0 Å². The molecule has 3 N–H and O–H groups in total. The predicted octanol–water partition coefficient (Wildman–Crippen LogP) is -1.21. The summed E-state index contributed by atoms with van der Waals surface area (Å²) in [5.74, 6) is -0.449. The highest BCUT2D eigenvalue weighted by molar-refractivity contribution is 5.77. The minimum Gasteiger partial charge on any atom is -0.369 e. The Labute approximate surface area is 46.8 Å². The van der Waals surface area contributed by atoms with Crippen molar-refractivity contribution in [1.29, 1.82) is 0 Å². The number of nitrogens with two attached hydrogens (primary N) is 1. The van der Waals surface area contributed by atoms with Crippen LogP contribution in [0.2, 0.25) is 0 Å². The SMILES string of the molecule is NC(=O)C1CN(O)C1. The Morgan fingerprint density at radius 1 is 1.75 bits per heavy atom. The van der Waals surface area contributed by atoms with Gasteiger partial charge >= 0.3 is 0 Å². The van der Waals surface area contributed by atoms with Gasteiger partial charge in [-0.2, -0.15) is 5.06 Å². The molecule has 0 spiro atoms. The maximum Gasteiger partial charge on any atom is 0.223 e. The number of rotatable bonds is 1. The van der Waals surface area contributed by atoms with Gasteiger partial charge in [0.2, 0.25) is 5.91 Å². The highest BCUT2D eigenvalue weighted by Crippen LogP contribution is 2.10. The highest BCUT2D eigenvalue weighted by atomic mass is 16.5. The monoisotopic (exact) mass is 116 g/mol. The van der Waals surface area contributed by atoms with Gasteiger partial charge in [-0.05, 0) is 0 Å². The summed E-state index contributed by atoms with van der Waals surface area (Å²) in [5, 5.41) is 9.56. The van der Waals surface area contributed by atoms with E-state index in [4.69, 9.17) is 10.9 Å². The van der Waals surface area contributed by atoms with Crippen LogP contribution in [0.3, 0.4) is 0 Å². The average Bonchev–Trinajstić information content (AvgIpc) is 1.57. The lowest BCUT2D eigenvalue weighted by molar-refractivity contribution is -0.175. The number of carbonyl (C=O) groups excluding carboxylic acids is 1. The van der Waals surface area contributed by atoms with Crippen LogP contribution in [0.1, 0.15) is 0 Å². The fourth-order valence-corrected chi connectivity index (χ4v) is 0.635. The third-order valence-electron chi connectivity index (χ3n) is 1.26. The third-order valence-corrected chi connectivity index (χ3v) is 1.26. The molecule has 1 fully saturated rings. The normalized spacial score (nSPS) is 22.6. The molecule has 1 saturated heterocycles. The summed E-state index contributed by atoms with van der Waals surface area (Å²) in [4.78, 5) is 10.2. The van der Waals surface area contributed by atoms with E-state index in [1.54, 1.807) is 0 Å². The van der Waals surface area contributed by atoms with Gasteiger partial charge in [0, 0.05) is 13.1 Å². The van der Waals surface area contributed by atoms with Gasteiger partial charge in [0.1, 0.15) is 0 Å². The van der Waals surface area contributed by atoms with Gasteiger partial charge in [-0.1, -0.05) is 0 Å². The molecule has 1 heterocycles. The summed E-state index contributed by atoms with van der Waals surface area (Å²) in [5.41, 5.74) is 4.88. The average molecular weight is 116 g/mol. The van der Waals surface area contributed by atoms with Crippen LogP contribution in [0.4, 0.5) is 0 Å². The number of hydrogen-bond donors (Lipinski definition) is 2. The molecule has 1 aliphatic heterocycles.